The maximum absolute atomic E-state index is 4.46. The summed E-state index contributed by atoms with van der Waals surface area (Å²) in [6.45, 7) is 3.36. The third-order valence-electron chi connectivity index (χ3n) is 4.49. The molecule has 3 heterocycles. The van der Waals surface area contributed by atoms with E-state index in [-0.39, 0.29) is 0 Å². The Bertz CT molecular complexity index is 749. The predicted molar refractivity (Wildman–Crippen MR) is 90.9 cm³/mol. The van der Waals surface area contributed by atoms with E-state index in [4.69, 9.17) is 0 Å². The fourth-order valence-corrected chi connectivity index (χ4v) is 3.96. The average molecular weight is 309 g/mol. The van der Waals surface area contributed by atoms with Crippen LogP contribution in [-0.2, 0) is 13.0 Å². The molecule has 1 aliphatic heterocycles. The molecule has 1 fully saturated rings. The minimum absolute atomic E-state index is 0.740. The fourth-order valence-electron chi connectivity index (χ4n) is 3.41. The van der Waals surface area contributed by atoms with Crippen LogP contribution in [0.1, 0.15) is 17.7 Å². The lowest BCUT2D eigenvalue weighted by Crippen LogP contribution is -2.20. The Morgan fingerprint density at radius 3 is 3.05 bits per heavy atom. The van der Waals surface area contributed by atoms with E-state index in [9.17, 15) is 0 Å². The maximum Gasteiger partial charge on any atom is 0.0795 e. The van der Waals surface area contributed by atoms with E-state index in [0.717, 1.165) is 24.4 Å². The zero-order valence-electron chi connectivity index (χ0n) is 12.5. The first-order chi connectivity index (χ1) is 10.9. The van der Waals surface area contributed by atoms with Gasteiger partial charge in [-0.25, -0.2) is 4.98 Å². The predicted octanol–water partition coefficient (Wildman–Crippen LogP) is 3.76. The number of rotatable bonds is 4. The Balaban J connectivity index is 1.45. The number of nitrogens with zero attached hydrogens (tertiary/aromatic N) is 3. The van der Waals surface area contributed by atoms with Crippen LogP contribution >= 0.6 is 11.3 Å². The van der Waals surface area contributed by atoms with Gasteiger partial charge in [0, 0.05) is 30.1 Å². The van der Waals surface area contributed by atoms with Crippen LogP contribution in [0.2, 0.25) is 0 Å². The largest absolute Gasteiger partial charge is 0.297 e. The molecule has 1 unspecified atom stereocenters. The average Bonchev–Trinajstić information content (AvgIpc) is 3.20. The second-order valence-electron chi connectivity index (χ2n) is 6.06. The van der Waals surface area contributed by atoms with Gasteiger partial charge in [0.2, 0.25) is 0 Å². The highest BCUT2D eigenvalue weighted by Crippen LogP contribution is 2.25. The Labute approximate surface area is 134 Å². The van der Waals surface area contributed by atoms with Crippen LogP contribution in [0, 0.1) is 5.92 Å². The molecule has 0 amide bonds. The summed E-state index contributed by atoms with van der Waals surface area (Å²) in [5, 5.41) is 3.46. The Morgan fingerprint density at radius 1 is 1.18 bits per heavy atom. The van der Waals surface area contributed by atoms with Crippen LogP contribution < -0.4 is 0 Å². The van der Waals surface area contributed by atoms with E-state index in [1.165, 1.54) is 36.2 Å². The van der Waals surface area contributed by atoms with Crippen LogP contribution in [0.25, 0.3) is 10.9 Å². The third kappa shape index (κ3) is 2.89. The molecule has 0 aliphatic carbocycles. The molecule has 2 aromatic heterocycles. The molecule has 3 aromatic rings. The molecule has 0 radical (unpaired) electrons. The molecule has 112 valence electrons. The smallest absolute Gasteiger partial charge is 0.0795 e. The van der Waals surface area contributed by atoms with Crippen molar-refractivity contribution in [2.45, 2.75) is 19.4 Å². The topological polar surface area (TPSA) is 29.0 Å². The first kappa shape index (κ1) is 13.9. The molecule has 4 rings (SSSR count). The van der Waals surface area contributed by atoms with Crippen molar-refractivity contribution in [1.82, 2.24) is 14.9 Å². The molecule has 1 atom stereocenters. The lowest BCUT2D eigenvalue weighted by molar-refractivity contribution is 0.313. The first-order valence-corrected chi connectivity index (χ1v) is 8.75. The summed E-state index contributed by atoms with van der Waals surface area (Å²) in [4.78, 5) is 11.4. The lowest BCUT2D eigenvalue weighted by Gasteiger charge is -2.15. The summed E-state index contributed by atoms with van der Waals surface area (Å²) in [6.07, 6.45) is 4.37. The lowest BCUT2D eigenvalue weighted by atomic mass is 9.96. The highest BCUT2D eigenvalue weighted by molar-refractivity contribution is 7.07. The molecule has 0 N–H and O–H groups in total. The summed E-state index contributed by atoms with van der Waals surface area (Å²) in [5.74, 6) is 0.740. The molecule has 3 nitrogen and oxygen atoms in total. The molecule has 4 heteroatoms. The standard InChI is InChI=1S/C18H19N3S/c1-2-4-18-17(3-1)15(5-7-19-18)9-14-6-8-21(10-14)11-16-12-22-13-20-16/h1-5,7,12-14H,6,8-11H2. The summed E-state index contributed by atoms with van der Waals surface area (Å²) in [5.41, 5.74) is 5.68. The molecule has 0 saturated carbocycles. The van der Waals surface area contributed by atoms with Crippen molar-refractivity contribution < 1.29 is 0 Å². The van der Waals surface area contributed by atoms with Gasteiger partial charge in [-0.15, -0.1) is 11.3 Å². The Morgan fingerprint density at radius 2 is 2.14 bits per heavy atom. The van der Waals surface area contributed by atoms with E-state index in [1.807, 2.05) is 11.7 Å². The van der Waals surface area contributed by atoms with Gasteiger partial charge in [0.15, 0.2) is 0 Å². The van der Waals surface area contributed by atoms with Gasteiger partial charge < -0.3 is 0 Å². The van der Waals surface area contributed by atoms with Crippen LogP contribution in [0.15, 0.2) is 47.4 Å². The highest BCUT2D eigenvalue weighted by Gasteiger charge is 2.23. The van der Waals surface area contributed by atoms with Gasteiger partial charge in [0.05, 0.1) is 16.7 Å². The van der Waals surface area contributed by atoms with E-state index in [1.54, 1.807) is 11.3 Å². The quantitative estimate of drug-likeness (QED) is 0.735. The monoisotopic (exact) mass is 309 g/mol. The van der Waals surface area contributed by atoms with E-state index >= 15 is 0 Å². The zero-order chi connectivity index (χ0) is 14.8. The number of para-hydroxylation sites is 1. The SMILES string of the molecule is c1ccc2c(CC3CCN(Cc4cscn4)C3)ccnc2c1. The van der Waals surface area contributed by atoms with Crippen LogP contribution in [-0.4, -0.2) is 28.0 Å². The third-order valence-corrected chi connectivity index (χ3v) is 5.12. The van der Waals surface area contributed by atoms with Crippen LogP contribution in [0.3, 0.4) is 0 Å². The Kier molecular flexibility index (Phi) is 3.87. The highest BCUT2D eigenvalue weighted by atomic mass is 32.1. The van der Waals surface area contributed by atoms with Gasteiger partial charge >= 0.3 is 0 Å². The van der Waals surface area contributed by atoms with Crippen molar-refractivity contribution in [3.63, 3.8) is 0 Å². The van der Waals surface area contributed by atoms with Gasteiger partial charge in [-0.1, -0.05) is 18.2 Å². The van der Waals surface area contributed by atoms with Gasteiger partial charge in [0.1, 0.15) is 0 Å². The second kappa shape index (κ2) is 6.15. The first-order valence-electron chi connectivity index (χ1n) is 7.80. The zero-order valence-corrected chi connectivity index (χ0v) is 13.3. The number of benzene rings is 1. The summed E-state index contributed by atoms with van der Waals surface area (Å²) >= 11 is 1.68. The van der Waals surface area contributed by atoms with E-state index in [2.05, 4.69) is 50.6 Å². The summed E-state index contributed by atoms with van der Waals surface area (Å²) < 4.78 is 0. The maximum atomic E-state index is 4.46. The molecule has 1 aliphatic rings. The van der Waals surface area contributed by atoms with Gasteiger partial charge in [0.25, 0.3) is 0 Å². The second-order valence-corrected chi connectivity index (χ2v) is 6.78. The van der Waals surface area contributed by atoms with Crippen LogP contribution in [0.5, 0.6) is 0 Å². The van der Waals surface area contributed by atoms with Gasteiger partial charge in [-0.2, -0.15) is 0 Å². The van der Waals surface area contributed by atoms with Crippen molar-refractivity contribution in [3.8, 4) is 0 Å². The minimum atomic E-state index is 0.740. The molecular weight excluding hydrogens is 290 g/mol. The van der Waals surface area contributed by atoms with Crippen molar-refractivity contribution >= 4 is 22.2 Å². The van der Waals surface area contributed by atoms with Gasteiger partial charge in [-0.05, 0) is 43.0 Å². The number of likely N-dealkylation sites (tertiary alicyclic amines) is 1. The van der Waals surface area contributed by atoms with Crippen molar-refractivity contribution in [2.75, 3.05) is 13.1 Å². The Hall–Kier alpha value is -1.78. The van der Waals surface area contributed by atoms with E-state index in [0.29, 0.717) is 0 Å². The van der Waals surface area contributed by atoms with E-state index < -0.39 is 0 Å². The van der Waals surface area contributed by atoms with Gasteiger partial charge in [-0.3, -0.25) is 9.88 Å². The normalized spacial score (nSPS) is 19.0. The molecular formula is C18H19N3S. The summed E-state index contributed by atoms with van der Waals surface area (Å²) in [6, 6.07) is 10.6. The molecule has 0 spiro atoms. The molecule has 0 bridgehead atoms. The van der Waals surface area contributed by atoms with Crippen molar-refractivity contribution in [3.05, 3.63) is 58.7 Å². The number of aromatic nitrogens is 2. The number of fused-ring (bicyclic) bond motifs is 1. The van der Waals surface area contributed by atoms with Crippen molar-refractivity contribution in [1.29, 1.82) is 0 Å². The van der Waals surface area contributed by atoms with Crippen molar-refractivity contribution in [2.24, 2.45) is 5.92 Å². The molecule has 1 saturated heterocycles. The number of hydrogen-bond acceptors (Lipinski definition) is 4. The molecule has 22 heavy (non-hydrogen) atoms. The number of hydrogen-bond donors (Lipinski definition) is 0. The number of pyridine rings is 1. The fraction of sp³-hybridized carbons (Fsp3) is 0.333. The van der Waals surface area contributed by atoms with Crippen LogP contribution in [0.4, 0.5) is 0 Å². The number of thiazole rings is 1. The molecule has 1 aromatic carbocycles. The summed E-state index contributed by atoms with van der Waals surface area (Å²) in [7, 11) is 0. The minimum Gasteiger partial charge on any atom is -0.297 e.